The van der Waals surface area contributed by atoms with Crippen LogP contribution in [0.1, 0.15) is 19.3 Å². The predicted octanol–water partition coefficient (Wildman–Crippen LogP) is 1.35. The molecule has 0 saturated heterocycles. The van der Waals surface area contributed by atoms with Gasteiger partial charge in [0, 0.05) is 12.3 Å². The lowest BCUT2D eigenvalue weighted by Crippen LogP contribution is -2.26. The summed E-state index contributed by atoms with van der Waals surface area (Å²) in [6.07, 6.45) is 1.34. The van der Waals surface area contributed by atoms with Crippen LogP contribution in [0.3, 0.4) is 0 Å². The number of ether oxygens (including phenoxy) is 1. The number of rotatable bonds is 2. The molecule has 2 aliphatic rings. The van der Waals surface area contributed by atoms with E-state index in [9.17, 15) is 4.39 Å². The summed E-state index contributed by atoms with van der Waals surface area (Å²) in [4.78, 5) is 4.10. The van der Waals surface area contributed by atoms with Crippen LogP contribution in [0.4, 0.5) is 4.39 Å². The molecule has 4 heteroatoms. The molecule has 2 N–H and O–H groups in total. The Hall–Kier alpha value is -1.06. The predicted molar refractivity (Wildman–Crippen MR) is 47.9 cm³/mol. The van der Waals surface area contributed by atoms with Crippen LogP contribution in [-0.2, 0) is 4.74 Å². The molecule has 0 radical (unpaired) electrons. The van der Waals surface area contributed by atoms with Crippen LogP contribution in [0, 0.1) is 5.92 Å². The van der Waals surface area contributed by atoms with Crippen LogP contribution in [0.2, 0.25) is 0 Å². The molecule has 1 unspecified atom stereocenters. The maximum atomic E-state index is 13.4. The van der Waals surface area contributed by atoms with Gasteiger partial charge in [0.25, 0.3) is 0 Å². The Morgan fingerprint density at radius 3 is 2.77 bits per heavy atom. The van der Waals surface area contributed by atoms with Crippen molar-refractivity contribution in [2.75, 3.05) is 7.11 Å². The lowest BCUT2D eigenvalue weighted by atomic mass is 10.0. The molecule has 0 aromatic rings. The second kappa shape index (κ2) is 3.01. The lowest BCUT2D eigenvalue weighted by molar-refractivity contribution is 0.271. The van der Waals surface area contributed by atoms with Crippen molar-refractivity contribution in [3.63, 3.8) is 0 Å². The van der Waals surface area contributed by atoms with Gasteiger partial charge in [0.15, 0.2) is 0 Å². The first-order chi connectivity index (χ1) is 6.22. The molecule has 1 heterocycles. The Balaban J connectivity index is 2.24. The summed E-state index contributed by atoms with van der Waals surface area (Å²) in [5.41, 5.74) is 6.62. The van der Waals surface area contributed by atoms with Crippen molar-refractivity contribution in [3.05, 3.63) is 11.6 Å². The number of alkyl halides is 1. The van der Waals surface area contributed by atoms with Crippen LogP contribution in [0.15, 0.2) is 16.6 Å². The Bertz CT molecular complexity index is 281. The number of methoxy groups -OCH3 is 1. The highest BCUT2D eigenvalue weighted by Gasteiger charge is 2.36. The summed E-state index contributed by atoms with van der Waals surface area (Å²) >= 11 is 0. The van der Waals surface area contributed by atoms with Gasteiger partial charge in [-0.25, -0.2) is 9.38 Å². The minimum atomic E-state index is -0.994. The van der Waals surface area contributed by atoms with Crippen molar-refractivity contribution in [1.29, 1.82) is 0 Å². The maximum Gasteiger partial charge on any atom is 0.232 e. The summed E-state index contributed by atoms with van der Waals surface area (Å²) in [6.45, 7) is 0. The summed E-state index contributed by atoms with van der Waals surface area (Å²) in [5.74, 6) is 0.740. The van der Waals surface area contributed by atoms with Gasteiger partial charge in [0.2, 0.25) is 5.88 Å². The third kappa shape index (κ3) is 1.53. The molecule has 2 rings (SSSR count). The third-order valence-electron chi connectivity index (χ3n) is 2.41. The second-order valence-electron chi connectivity index (χ2n) is 3.52. The fourth-order valence-electron chi connectivity index (χ4n) is 1.55. The Kier molecular flexibility index (Phi) is 1.98. The molecular weight excluding hydrogens is 171 g/mol. The van der Waals surface area contributed by atoms with Crippen LogP contribution >= 0.6 is 0 Å². The number of nitrogens with zero attached hydrogens (tertiary/aromatic N) is 1. The molecule has 1 aliphatic carbocycles. The van der Waals surface area contributed by atoms with Gasteiger partial charge in [-0.05, 0) is 12.8 Å². The van der Waals surface area contributed by atoms with Crippen molar-refractivity contribution in [2.45, 2.75) is 25.4 Å². The van der Waals surface area contributed by atoms with Crippen LogP contribution in [0.25, 0.3) is 0 Å². The zero-order valence-electron chi connectivity index (χ0n) is 7.59. The number of allylic oxidation sites excluding steroid dienone is 1. The van der Waals surface area contributed by atoms with Crippen molar-refractivity contribution >= 4 is 5.71 Å². The standard InChI is InChI=1S/C9H13FN2O/c1-13-9-7(11)4-6(10)8(12-9)5-2-3-5/h5-6H,2-4,11H2,1H3. The fourth-order valence-corrected chi connectivity index (χ4v) is 1.55. The van der Waals surface area contributed by atoms with Gasteiger partial charge in [0.05, 0.1) is 18.5 Å². The average Bonchev–Trinajstić information content (AvgIpc) is 2.88. The van der Waals surface area contributed by atoms with Crippen molar-refractivity contribution < 1.29 is 9.13 Å². The highest BCUT2D eigenvalue weighted by atomic mass is 19.1. The Labute approximate surface area is 76.5 Å². The van der Waals surface area contributed by atoms with E-state index in [1.807, 2.05) is 0 Å². The smallest absolute Gasteiger partial charge is 0.232 e. The summed E-state index contributed by atoms with van der Waals surface area (Å²) in [6, 6.07) is 0. The molecule has 0 bridgehead atoms. The normalized spacial score (nSPS) is 28.8. The molecule has 1 saturated carbocycles. The summed E-state index contributed by atoms with van der Waals surface area (Å²) < 4.78 is 18.4. The lowest BCUT2D eigenvalue weighted by Gasteiger charge is -2.18. The summed E-state index contributed by atoms with van der Waals surface area (Å²) in [5, 5.41) is 0. The van der Waals surface area contributed by atoms with Gasteiger partial charge < -0.3 is 10.5 Å². The minimum Gasteiger partial charge on any atom is -0.480 e. The average molecular weight is 184 g/mol. The van der Waals surface area contributed by atoms with Gasteiger partial charge in [-0.1, -0.05) is 0 Å². The fraction of sp³-hybridized carbons (Fsp3) is 0.667. The van der Waals surface area contributed by atoms with Gasteiger partial charge in [0.1, 0.15) is 6.17 Å². The Morgan fingerprint density at radius 2 is 2.23 bits per heavy atom. The van der Waals surface area contributed by atoms with Crippen molar-refractivity contribution in [2.24, 2.45) is 16.6 Å². The van der Waals surface area contributed by atoms with Gasteiger partial charge >= 0.3 is 0 Å². The van der Waals surface area contributed by atoms with E-state index in [-0.39, 0.29) is 6.42 Å². The van der Waals surface area contributed by atoms with Crippen LogP contribution in [-0.4, -0.2) is 19.0 Å². The van der Waals surface area contributed by atoms with E-state index in [1.54, 1.807) is 0 Å². The molecule has 1 atom stereocenters. The van der Waals surface area contributed by atoms with E-state index in [1.165, 1.54) is 7.11 Å². The van der Waals surface area contributed by atoms with Gasteiger partial charge in [-0.15, -0.1) is 0 Å². The number of nitrogens with two attached hydrogens (primary N) is 1. The molecule has 1 aliphatic heterocycles. The number of halogens is 1. The molecule has 72 valence electrons. The topological polar surface area (TPSA) is 47.6 Å². The highest BCUT2D eigenvalue weighted by Crippen LogP contribution is 2.36. The molecule has 3 nitrogen and oxygen atoms in total. The molecule has 0 aromatic heterocycles. The van der Waals surface area contributed by atoms with Crippen molar-refractivity contribution in [1.82, 2.24) is 0 Å². The van der Waals surface area contributed by atoms with Crippen LogP contribution in [0.5, 0.6) is 0 Å². The van der Waals surface area contributed by atoms with Crippen LogP contribution < -0.4 is 5.73 Å². The largest absolute Gasteiger partial charge is 0.480 e. The molecular formula is C9H13FN2O. The maximum absolute atomic E-state index is 13.4. The van der Waals surface area contributed by atoms with E-state index >= 15 is 0 Å². The van der Waals surface area contributed by atoms with Gasteiger partial charge in [-0.3, -0.25) is 0 Å². The molecule has 0 aromatic carbocycles. The van der Waals surface area contributed by atoms with E-state index in [2.05, 4.69) is 4.99 Å². The van der Waals surface area contributed by atoms with Crippen molar-refractivity contribution in [3.8, 4) is 0 Å². The molecule has 0 amide bonds. The zero-order chi connectivity index (χ0) is 9.42. The quantitative estimate of drug-likeness (QED) is 0.704. The van der Waals surface area contributed by atoms with E-state index in [0.717, 1.165) is 12.8 Å². The molecule has 0 spiro atoms. The van der Waals surface area contributed by atoms with E-state index < -0.39 is 6.17 Å². The third-order valence-corrected chi connectivity index (χ3v) is 2.41. The SMILES string of the molecule is COC1=C(N)CC(F)C(C2CC2)=N1. The minimum absolute atomic E-state index is 0.235. The first-order valence-electron chi connectivity index (χ1n) is 4.47. The van der Waals surface area contributed by atoms with E-state index in [4.69, 9.17) is 10.5 Å². The molecule has 1 fully saturated rings. The van der Waals surface area contributed by atoms with Gasteiger partial charge in [-0.2, -0.15) is 0 Å². The Morgan fingerprint density at radius 1 is 1.54 bits per heavy atom. The second-order valence-corrected chi connectivity index (χ2v) is 3.52. The summed E-state index contributed by atoms with van der Waals surface area (Å²) in [7, 11) is 1.51. The first-order valence-corrected chi connectivity index (χ1v) is 4.47. The first kappa shape index (κ1) is 8.53. The number of aliphatic imine (C=N–C) groups is 1. The zero-order valence-corrected chi connectivity index (χ0v) is 7.59. The molecule has 13 heavy (non-hydrogen) atoms. The highest BCUT2D eigenvalue weighted by molar-refractivity contribution is 5.94. The number of hydrogen-bond donors (Lipinski definition) is 1. The number of hydrogen-bond acceptors (Lipinski definition) is 3. The van der Waals surface area contributed by atoms with E-state index in [0.29, 0.717) is 23.2 Å². The monoisotopic (exact) mass is 184 g/mol.